The fourth-order valence-corrected chi connectivity index (χ4v) is 4.40. The van der Waals surface area contributed by atoms with E-state index in [1.165, 1.54) is 18.2 Å². The molecule has 0 saturated heterocycles. The molecular formula is C27H29NO5. The van der Waals surface area contributed by atoms with Gasteiger partial charge in [0.2, 0.25) is 0 Å². The van der Waals surface area contributed by atoms with Crippen LogP contribution in [-0.2, 0) is 4.74 Å². The van der Waals surface area contributed by atoms with Crippen LogP contribution in [0, 0.1) is 6.92 Å². The number of carbonyl (C=O) groups is 1. The molecule has 0 aromatic heterocycles. The number of aliphatic hydroxyl groups excluding tert-OH is 2. The van der Waals surface area contributed by atoms with E-state index in [2.05, 4.69) is 29.6 Å². The second-order valence-corrected chi connectivity index (χ2v) is 8.30. The van der Waals surface area contributed by atoms with Crippen LogP contribution >= 0.6 is 0 Å². The lowest BCUT2D eigenvalue weighted by Crippen LogP contribution is -2.30. The van der Waals surface area contributed by atoms with Gasteiger partial charge in [0.05, 0.1) is 13.2 Å². The van der Waals surface area contributed by atoms with Crippen LogP contribution in [0.25, 0.3) is 11.1 Å². The third-order valence-corrected chi connectivity index (χ3v) is 6.13. The number of nitrogens with one attached hydrogen (secondary N) is 1. The van der Waals surface area contributed by atoms with Crippen molar-refractivity contribution in [3.63, 3.8) is 0 Å². The standard InChI is InChI=1S/C27H29NO5/c1-17-11-12-22(25(15-17)32-2)26(30)24(29)13-14-28-27(31)33-16-23-20-9-5-3-7-18(20)19-8-4-6-10-21(19)23/h3-12,15,23-24,26,29-30H,13-14,16H2,1-2H3,(H,28,31). The first-order valence-corrected chi connectivity index (χ1v) is 11.1. The number of amides is 1. The first-order chi connectivity index (χ1) is 16.0. The normalized spacial score (nSPS) is 14.2. The summed E-state index contributed by atoms with van der Waals surface area (Å²) in [5.74, 6) is 0.510. The second kappa shape index (κ2) is 10.1. The SMILES string of the molecule is COc1cc(C)ccc1C(O)C(O)CCNC(=O)OCC1c2ccccc2-c2ccccc21. The molecule has 1 aliphatic carbocycles. The smallest absolute Gasteiger partial charge is 0.407 e. The van der Waals surface area contributed by atoms with Crippen molar-refractivity contribution in [1.82, 2.24) is 5.32 Å². The van der Waals surface area contributed by atoms with Gasteiger partial charge in [-0.2, -0.15) is 0 Å². The van der Waals surface area contributed by atoms with Crippen molar-refractivity contribution in [3.8, 4) is 16.9 Å². The Bertz CT molecular complexity index is 1080. The monoisotopic (exact) mass is 447 g/mol. The predicted octanol–water partition coefficient (Wildman–Crippen LogP) is 4.33. The number of hydrogen-bond donors (Lipinski definition) is 3. The Labute approximate surface area is 193 Å². The molecule has 6 heteroatoms. The Balaban J connectivity index is 1.29. The molecule has 3 aromatic carbocycles. The zero-order valence-corrected chi connectivity index (χ0v) is 18.8. The van der Waals surface area contributed by atoms with Crippen LogP contribution in [-0.4, -0.2) is 42.7 Å². The van der Waals surface area contributed by atoms with E-state index >= 15 is 0 Å². The van der Waals surface area contributed by atoms with Crippen LogP contribution in [0.2, 0.25) is 0 Å². The number of rotatable bonds is 8. The van der Waals surface area contributed by atoms with Gasteiger partial charge in [-0.15, -0.1) is 0 Å². The Morgan fingerprint density at radius 2 is 1.64 bits per heavy atom. The largest absolute Gasteiger partial charge is 0.496 e. The molecule has 4 rings (SSSR count). The van der Waals surface area contributed by atoms with Gasteiger partial charge in [0.15, 0.2) is 0 Å². The Morgan fingerprint density at radius 1 is 1.00 bits per heavy atom. The highest BCUT2D eigenvalue weighted by Gasteiger charge is 2.29. The summed E-state index contributed by atoms with van der Waals surface area (Å²) < 4.78 is 10.8. The van der Waals surface area contributed by atoms with Gasteiger partial charge in [-0.25, -0.2) is 4.79 Å². The van der Waals surface area contributed by atoms with Crippen LogP contribution in [0.5, 0.6) is 5.75 Å². The summed E-state index contributed by atoms with van der Waals surface area (Å²) in [5, 5.41) is 23.6. The zero-order chi connectivity index (χ0) is 23.4. The fraction of sp³-hybridized carbons (Fsp3) is 0.296. The molecular weight excluding hydrogens is 418 g/mol. The van der Waals surface area contributed by atoms with E-state index < -0.39 is 18.3 Å². The maximum atomic E-state index is 12.3. The maximum absolute atomic E-state index is 12.3. The molecule has 0 aliphatic heterocycles. The predicted molar refractivity (Wildman–Crippen MR) is 126 cm³/mol. The van der Waals surface area contributed by atoms with Gasteiger partial charge in [0, 0.05) is 18.0 Å². The summed E-state index contributed by atoms with van der Waals surface area (Å²) in [4.78, 5) is 12.3. The molecule has 2 unspecified atom stereocenters. The van der Waals surface area contributed by atoms with E-state index in [1.54, 1.807) is 12.1 Å². The van der Waals surface area contributed by atoms with Gasteiger partial charge in [-0.1, -0.05) is 60.7 Å². The van der Waals surface area contributed by atoms with E-state index in [0.717, 1.165) is 16.7 Å². The highest BCUT2D eigenvalue weighted by atomic mass is 16.5. The van der Waals surface area contributed by atoms with Gasteiger partial charge in [-0.3, -0.25) is 0 Å². The second-order valence-electron chi connectivity index (χ2n) is 8.30. The van der Waals surface area contributed by atoms with Crippen molar-refractivity contribution < 1.29 is 24.5 Å². The molecule has 0 bridgehead atoms. The van der Waals surface area contributed by atoms with Crippen molar-refractivity contribution in [3.05, 3.63) is 89.0 Å². The summed E-state index contributed by atoms with van der Waals surface area (Å²) >= 11 is 0. The lowest BCUT2D eigenvalue weighted by Gasteiger charge is -2.21. The number of methoxy groups -OCH3 is 1. The summed E-state index contributed by atoms with van der Waals surface area (Å²) in [6.07, 6.45) is -2.56. The molecule has 172 valence electrons. The van der Waals surface area contributed by atoms with E-state index in [0.29, 0.717) is 11.3 Å². The lowest BCUT2D eigenvalue weighted by molar-refractivity contribution is 0.0123. The van der Waals surface area contributed by atoms with Gasteiger partial charge in [-0.05, 0) is 47.2 Å². The third-order valence-electron chi connectivity index (χ3n) is 6.13. The highest BCUT2D eigenvalue weighted by Crippen LogP contribution is 2.44. The number of aryl methyl sites for hydroxylation is 1. The summed E-state index contributed by atoms with van der Waals surface area (Å²) in [7, 11) is 1.52. The highest BCUT2D eigenvalue weighted by molar-refractivity contribution is 5.79. The number of alkyl carbamates (subject to hydrolysis) is 1. The van der Waals surface area contributed by atoms with Crippen LogP contribution in [0.1, 0.15) is 40.7 Å². The van der Waals surface area contributed by atoms with Gasteiger partial charge >= 0.3 is 6.09 Å². The van der Waals surface area contributed by atoms with Crippen molar-refractivity contribution in [1.29, 1.82) is 0 Å². The number of ether oxygens (including phenoxy) is 2. The third kappa shape index (κ3) is 4.87. The van der Waals surface area contributed by atoms with Crippen molar-refractivity contribution in [2.24, 2.45) is 0 Å². The molecule has 0 spiro atoms. The van der Waals surface area contributed by atoms with Crippen molar-refractivity contribution in [2.45, 2.75) is 31.5 Å². The topological polar surface area (TPSA) is 88.0 Å². The van der Waals surface area contributed by atoms with E-state index in [1.807, 2.05) is 37.3 Å². The minimum Gasteiger partial charge on any atom is -0.496 e. The molecule has 2 atom stereocenters. The summed E-state index contributed by atoms with van der Waals surface area (Å²) in [6.45, 7) is 2.32. The molecule has 6 nitrogen and oxygen atoms in total. The molecule has 3 aromatic rings. The minimum atomic E-state index is -1.12. The molecule has 3 N–H and O–H groups in total. The molecule has 33 heavy (non-hydrogen) atoms. The lowest BCUT2D eigenvalue weighted by atomic mass is 9.98. The number of benzene rings is 3. The van der Waals surface area contributed by atoms with E-state index in [4.69, 9.17) is 9.47 Å². The van der Waals surface area contributed by atoms with Crippen molar-refractivity contribution in [2.75, 3.05) is 20.3 Å². The van der Waals surface area contributed by atoms with E-state index in [-0.39, 0.29) is 25.5 Å². The average Bonchev–Trinajstić information content (AvgIpc) is 3.16. The quantitative estimate of drug-likeness (QED) is 0.479. The van der Waals surface area contributed by atoms with E-state index in [9.17, 15) is 15.0 Å². The number of fused-ring (bicyclic) bond motifs is 3. The Hall–Kier alpha value is -3.35. The van der Waals surface area contributed by atoms with Crippen LogP contribution in [0.4, 0.5) is 4.79 Å². The van der Waals surface area contributed by atoms with Gasteiger partial charge in [0.25, 0.3) is 0 Å². The molecule has 0 fully saturated rings. The van der Waals surface area contributed by atoms with Crippen molar-refractivity contribution >= 4 is 6.09 Å². The molecule has 1 aliphatic rings. The minimum absolute atomic E-state index is 0.00966. The first kappa shape index (κ1) is 22.8. The Morgan fingerprint density at radius 3 is 2.27 bits per heavy atom. The zero-order valence-electron chi connectivity index (χ0n) is 18.8. The van der Waals surface area contributed by atoms with Gasteiger partial charge in [0.1, 0.15) is 18.5 Å². The number of hydrogen-bond acceptors (Lipinski definition) is 5. The van der Waals surface area contributed by atoms with Gasteiger partial charge < -0.3 is 25.0 Å². The Kier molecular flexibility index (Phi) is 6.96. The molecule has 0 saturated carbocycles. The average molecular weight is 448 g/mol. The summed E-state index contributed by atoms with van der Waals surface area (Å²) in [6, 6.07) is 21.7. The fourth-order valence-electron chi connectivity index (χ4n) is 4.40. The maximum Gasteiger partial charge on any atom is 0.407 e. The number of carbonyl (C=O) groups excluding carboxylic acids is 1. The molecule has 0 radical (unpaired) electrons. The molecule has 0 heterocycles. The molecule has 1 amide bonds. The van der Waals surface area contributed by atoms with Crippen LogP contribution < -0.4 is 10.1 Å². The van der Waals surface area contributed by atoms with Crippen LogP contribution in [0.3, 0.4) is 0 Å². The number of aliphatic hydroxyl groups is 2. The first-order valence-electron chi connectivity index (χ1n) is 11.1. The van der Waals surface area contributed by atoms with Crippen LogP contribution in [0.15, 0.2) is 66.7 Å². The summed E-state index contributed by atoms with van der Waals surface area (Å²) in [5.41, 5.74) is 6.15.